The number of hydrogen-bond acceptors (Lipinski definition) is 4. The minimum Gasteiger partial charge on any atom is -0.456 e. The van der Waals surface area contributed by atoms with Crippen LogP contribution in [0.5, 0.6) is 0 Å². The molecule has 0 saturated heterocycles. The first-order valence-corrected chi connectivity index (χ1v) is 42.1. The van der Waals surface area contributed by atoms with E-state index < -0.39 is 6.71 Å². The maximum atomic E-state index is 7.46. The minimum atomic E-state index is -0.507. The number of nitrogens with zero attached hydrogens (tertiary/aromatic N) is 3. The summed E-state index contributed by atoms with van der Waals surface area (Å²) >= 11 is 0. The zero-order valence-electron chi connectivity index (χ0n) is 69.5. The summed E-state index contributed by atoms with van der Waals surface area (Å²) in [6, 6.07) is 120. The van der Waals surface area contributed by atoms with Gasteiger partial charge in [-0.25, -0.2) is 0 Å². The van der Waals surface area contributed by atoms with Crippen molar-refractivity contribution < 1.29 is 8.83 Å². The summed E-state index contributed by atoms with van der Waals surface area (Å²) in [5.41, 5.74) is 33.1. The Morgan fingerprint density at radius 3 is 0.968 bits per heavy atom. The molecule has 14 heteroatoms. The Hall–Kier alpha value is -13.7. The van der Waals surface area contributed by atoms with Gasteiger partial charge < -0.3 is 23.2 Å². The van der Waals surface area contributed by atoms with Crippen molar-refractivity contribution >= 4 is 229 Å². The van der Waals surface area contributed by atoms with Crippen molar-refractivity contribution in [3.05, 3.63) is 339 Å². The smallest absolute Gasteiger partial charge is 0.252 e. The third-order valence-electron chi connectivity index (χ3n) is 25.9. The number of aromatic nitrogens is 1. The van der Waals surface area contributed by atoms with Crippen LogP contribution in [0.4, 0.5) is 34.1 Å². The number of fused-ring (bicyclic) bond motifs is 13. The van der Waals surface area contributed by atoms with E-state index in [4.69, 9.17) is 71.6 Å². The molecule has 0 fully saturated rings. The van der Waals surface area contributed by atoms with Gasteiger partial charge in [0.05, 0.1) is 11.4 Å². The largest absolute Gasteiger partial charge is 0.456 e. The van der Waals surface area contributed by atoms with Gasteiger partial charge >= 0.3 is 0 Å². The van der Waals surface area contributed by atoms with Crippen LogP contribution in [0.2, 0.25) is 0 Å². The molecule has 566 valence electrons. The molecule has 124 heavy (non-hydrogen) atoms. The number of hydrogen-bond donors (Lipinski definition) is 0. The van der Waals surface area contributed by atoms with Crippen molar-refractivity contribution in [2.75, 3.05) is 9.80 Å². The van der Waals surface area contributed by atoms with E-state index in [-0.39, 0.29) is 54.5 Å². The molecule has 0 N–H and O–H groups in total. The van der Waals surface area contributed by atoms with E-state index in [0.29, 0.717) is 27.5 Å². The Bertz CT molecular complexity index is 7640. The van der Waals surface area contributed by atoms with E-state index in [0.717, 1.165) is 183 Å². The zero-order valence-corrected chi connectivity index (χ0v) is 69.5. The Balaban J connectivity index is 0.935. The summed E-state index contributed by atoms with van der Waals surface area (Å²) in [6.07, 6.45) is 0. The maximum Gasteiger partial charge on any atom is 0.252 e. The Morgan fingerprint density at radius 2 is 0.565 bits per heavy atom. The third kappa shape index (κ3) is 12.2. The van der Waals surface area contributed by atoms with Crippen LogP contribution in [0.25, 0.3) is 160 Å². The Kier molecular flexibility index (Phi) is 17.9. The molecule has 20 aromatic rings. The first-order chi connectivity index (χ1) is 60.1. The second-order valence-corrected chi connectivity index (χ2v) is 35.2. The second-order valence-electron chi connectivity index (χ2n) is 35.2. The van der Waals surface area contributed by atoms with Gasteiger partial charge in [0.15, 0.2) is 0 Å². The molecular weight excluding hydrogens is 1490 g/mol. The topological polar surface area (TPSA) is 37.7 Å². The predicted molar refractivity (Wildman–Crippen MR) is 533 cm³/mol. The highest BCUT2D eigenvalue weighted by Gasteiger charge is 2.46. The van der Waals surface area contributed by atoms with Gasteiger partial charge in [-0.3, -0.25) is 0 Å². The van der Waals surface area contributed by atoms with Crippen molar-refractivity contribution in [2.24, 2.45) is 0 Å². The fourth-order valence-corrected chi connectivity index (χ4v) is 19.5. The van der Waals surface area contributed by atoms with Crippen LogP contribution in [0.3, 0.4) is 0 Å². The quantitative estimate of drug-likeness (QED) is 0.121. The van der Waals surface area contributed by atoms with Crippen LogP contribution in [0.1, 0.15) is 52.7 Å². The summed E-state index contributed by atoms with van der Waals surface area (Å²) in [4.78, 5) is 5.17. The van der Waals surface area contributed by atoms with Gasteiger partial charge in [0.2, 0.25) is 0 Å². The summed E-state index contributed by atoms with van der Waals surface area (Å²) in [5, 5.41) is 4.93. The van der Waals surface area contributed by atoms with Gasteiger partial charge in [0, 0.05) is 83.3 Å². The lowest BCUT2D eigenvalue weighted by Gasteiger charge is -2.46. The van der Waals surface area contributed by atoms with Gasteiger partial charge in [0.25, 0.3) is 6.71 Å². The minimum absolute atomic E-state index is 0.0730. The molecule has 17 aromatic carbocycles. The normalized spacial score (nSPS) is 12.6. The highest BCUT2D eigenvalue weighted by atomic mass is 16.3. The predicted octanol–water partition coefficient (Wildman–Crippen LogP) is 18.9. The number of anilines is 6. The molecule has 16 radical (unpaired) electrons. The maximum absolute atomic E-state index is 7.46. The SMILES string of the molecule is [B]c1c([B])c([B])c2c(c1[B])c1c([B])c([B])c([B])c([B])c1n2-c1ccc2c(c1)N(c1c(-c3ccccc3)cc(-c3ccc(C(C)(C)C)cc3)cc1-c1ccccc1)c1cc(-c3ccc4oc5ccccc5c4c3)cc3c1B2c1ccc(-c2ccc4oc5ccccc5c4c2)cc1N3c1c(-c2ccccc2)cc(-c2ccc(C(C)(C)C)cc2)cc1-c1ccccc1. The summed E-state index contributed by atoms with van der Waals surface area (Å²) in [7, 11) is 57.4. The van der Waals surface area contributed by atoms with E-state index in [1.807, 2.05) is 28.8 Å². The molecule has 0 saturated carbocycles. The van der Waals surface area contributed by atoms with Crippen molar-refractivity contribution in [1.82, 2.24) is 4.57 Å². The molecule has 2 aliphatic rings. The highest BCUT2D eigenvalue weighted by molar-refractivity contribution is 7.00. The van der Waals surface area contributed by atoms with E-state index >= 15 is 0 Å². The van der Waals surface area contributed by atoms with Crippen molar-refractivity contribution in [3.8, 4) is 94.7 Å². The number of furan rings is 2. The van der Waals surface area contributed by atoms with Gasteiger partial charge in [-0.05, 0) is 207 Å². The summed E-state index contributed by atoms with van der Waals surface area (Å²) in [6.45, 7) is 13.1. The molecular formula is C110H72B9N3O2. The molecule has 0 unspecified atom stereocenters. The number of para-hydroxylation sites is 2. The van der Waals surface area contributed by atoms with E-state index in [9.17, 15) is 0 Å². The monoisotopic (exact) mass is 1570 g/mol. The van der Waals surface area contributed by atoms with E-state index in [1.165, 1.54) is 11.1 Å². The second kappa shape index (κ2) is 29.0. The lowest BCUT2D eigenvalue weighted by Crippen LogP contribution is -2.61. The van der Waals surface area contributed by atoms with Crippen LogP contribution >= 0.6 is 0 Å². The van der Waals surface area contributed by atoms with Crippen molar-refractivity contribution in [2.45, 2.75) is 52.4 Å². The van der Waals surface area contributed by atoms with Crippen LogP contribution in [0.15, 0.2) is 336 Å². The number of benzene rings is 17. The van der Waals surface area contributed by atoms with Gasteiger partial charge in [-0.1, -0.05) is 300 Å². The van der Waals surface area contributed by atoms with Crippen LogP contribution in [-0.2, 0) is 10.8 Å². The lowest BCUT2D eigenvalue weighted by atomic mass is 9.33. The van der Waals surface area contributed by atoms with Gasteiger partial charge in [-0.15, -0.1) is 21.9 Å². The molecule has 2 aliphatic heterocycles. The fourth-order valence-electron chi connectivity index (χ4n) is 19.5. The average Bonchev–Trinajstić information content (AvgIpc) is 1.22. The average molecular weight is 1570 g/mol. The van der Waals surface area contributed by atoms with E-state index in [2.05, 4.69) is 355 Å². The van der Waals surface area contributed by atoms with E-state index in [1.54, 1.807) is 0 Å². The first-order valence-electron chi connectivity index (χ1n) is 42.1. The van der Waals surface area contributed by atoms with Crippen LogP contribution in [-0.4, -0.2) is 74.1 Å². The molecule has 5 nitrogen and oxygen atoms in total. The van der Waals surface area contributed by atoms with Crippen LogP contribution < -0.4 is 69.9 Å². The van der Waals surface area contributed by atoms with Gasteiger partial charge in [0.1, 0.15) is 85.1 Å². The van der Waals surface area contributed by atoms with Crippen molar-refractivity contribution in [3.63, 3.8) is 0 Å². The third-order valence-corrected chi connectivity index (χ3v) is 25.9. The zero-order chi connectivity index (χ0) is 84.6. The Labute approximate surface area is 733 Å². The number of rotatable bonds is 11. The standard InChI is InChI=1S/C110H72B9N3O2/c1-109(2,3)73-42-35-61(36-43-73)70-53-78(63-23-11-7-12-24-63)105(79(54-70)64-25-13-8-14-26-64)121-86-57-69(67-40-49-92-82(51-67)76-31-19-21-33-90(76)123-92)39-47-84(86)119-85-48-46-75(120-107-94(96(111)98(113)100(115)102(107)117)95-97(112)99(114)101(116)103(118)108(95)120)60-87(85)122(89-59-72(58-88(121)104(89)119)68-41-50-93-83(52-68)77-32-20-22-34-91(77)124-93)106-80(65-27-15-9-16-28-65)55-71(56-81(106)66-29-17-10-18-30-66)62-37-44-74(45-38-62)110(4,5)6/h7-60H,1-6H3. The molecule has 0 amide bonds. The Morgan fingerprint density at radius 1 is 0.250 bits per heavy atom. The van der Waals surface area contributed by atoms with Crippen LogP contribution in [0, 0.1) is 0 Å². The molecule has 22 rings (SSSR count). The molecule has 0 spiro atoms. The summed E-state index contributed by atoms with van der Waals surface area (Å²) < 4.78 is 15.3. The van der Waals surface area contributed by atoms with Crippen molar-refractivity contribution in [1.29, 1.82) is 0 Å². The molecule has 0 atom stereocenters. The molecule has 3 aromatic heterocycles. The fraction of sp³-hybridized carbons (Fsp3) is 0.0727. The first kappa shape index (κ1) is 76.5. The summed E-state index contributed by atoms with van der Waals surface area (Å²) in [5.74, 6) is 0. The van der Waals surface area contributed by atoms with Gasteiger partial charge in [-0.2, -0.15) is 0 Å². The lowest BCUT2D eigenvalue weighted by molar-refractivity contribution is 0.590. The molecule has 0 bridgehead atoms. The highest BCUT2D eigenvalue weighted by Crippen LogP contribution is 2.56. The molecule has 0 aliphatic carbocycles. The molecule has 5 heterocycles.